The Morgan fingerprint density at radius 2 is 1.96 bits per heavy atom. The highest BCUT2D eigenvalue weighted by Crippen LogP contribution is 2.15. The van der Waals surface area contributed by atoms with Gasteiger partial charge in [0, 0.05) is 24.3 Å². The van der Waals surface area contributed by atoms with E-state index in [1.54, 1.807) is 7.05 Å². The maximum atomic E-state index is 5.32. The van der Waals surface area contributed by atoms with Gasteiger partial charge >= 0.3 is 0 Å². The molecule has 134 valence electrons. The second kappa shape index (κ2) is 8.89. The Bertz CT molecular complexity index is 804. The first-order valence-corrected chi connectivity index (χ1v) is 8.12. The average molecular weight is 453 g/mol. The van der Waals surface area contributed by atoms with Crippen LogP contribution in [0.15, 0.2) is 45.9 Å². The summed E-state index contributed by atoms with van der Waals surface area (Å²) in [6, 6.07) is 12.3. The lowest BCUT2D eigenvalue weighted by molar-refractivity contribution is 0.372. The van der Waals surface area contributed by atoms with Gasteiger partial charge in [-0.2, -0.15) is 0 Å². The molecule has 0 aliphatic heterocycles. The molecule has 0 saturated carbocycles. The van der Waals surface area contributed by atoms with Crippen LogP contribution in [0.4, 0.5) is 0 Å². The molecule has 2 heterocycles. The number of para-hydroxylation sites is 1. The minimum atomic E-state index is 0. The van der Waals surface area contributed by atoms with Crippen molar-refractivity contribution < 1.29 is 4.52 Å². The molecular formula is C18H24IN5O. The molecule has 0 spiro atoms. The zero-order chi connectivity index (χ0) is 16.9. The van der Waals surface area contributed by atoms with Crippen LogP contribution in [-0.4, -0.2) is 23.1 Å². The van der Waals surface area contributed by atoms with E-state index < -0.39 is 0 Å². The Labute approximate surface area is 164 Å². The smallest absolute Gasteiger partial charge is 0.191 e. The molecule has 25 heavy (non-hydrogen) atoms. The molecule has 0 aliphatic carbocycles. The first kappa shape index (κ1) is 19.3. The van der Waals surface area contributed by atoms with Crippen LogP contribution in [-0.2, 0) is 13.1 Å². The lowest BCUT2D eigenvalue weighted by atomic mass is 10.1. The maximum absolute atomic E-state index is 5.32. The summed E-state index contributed by atoms with van der Waals surface area (Å²) in [5.74, 6) is 1.88. The number of aromatic nitrogens is 2. The minimum absolute atomic E-state index is 0. The van der Waals surface area contributed by atoms with Crippen molar-refractivity contribution in [1.29, 1.82) is 0 Å². The summed E-state index contributed by atoms with van der Waals surface area (Å²) < 4.78 is 5.32. The first-order chi connectivity index (χ1) is 11.7. The Morgan fingerprint density at radius 3 is 2.64 bits per heavy atom. The molecule has 0 atom stereocenters. The van der Waals surface area contributed by atoms with E-state index in [4.69, 9.17) is 4.52 Å². The monoisotopic (exact) mass is 453 g/mol. The van der Waals surface area contributed by atoms with Gasteiger partial charge in [-0.3, -0.25) is 4.99 Å². The van der Waals surface area contributed by atoms with Crippen LogP contribution in [0.1, 0.15) is 36.9 Å². The summed E-state index contributed by atoms with van der Waals surface area (Å²) in [6.45, 7) is 5.40. The molecular weight excluding hydrogens is 429 g/mol. The number of halogens is 1. The number of guanidine groups is 1. The van der Waals surface area contributed by atoms with Crippen LogP contribution in [0.5, 0.6) is 0 Å². The predicted octanol–water partition coefficient (Wildman–Crippen LogP) is 3.76. The van der Waals surface area contributed by atoms with E-state index in [0.29, 0.717) is 19.0 Å². The van der Waals surface area contributed by atoms with Crippen molar-refractivity contribution in [3.05, 3.63) is 53.5 Å². The van der Waals surface area contributed by atoms with Crippen molar-refractivity contribution in [3.8, 4) is 0 Å². The van der Waals surface area contributed by atoms with Gasteiger partial charge in [0.25, 0.3) is 0 Å². The summed E-state index contributed by atoms with van der Waals surface area (Å²) in [6.07, 6.45) is 0. The number of nitrogens with zero attached hydrogens (tertiary/aromatic N) is 2. The largest absolute Gasteiger partial charge is 0.359 e. The van der Waals surface area contributed by atoms with Gasteiger partial charge in [-0.15, -0.1) is 24.0 Å². The predicted molar refractivity (Wildman–Crippen MR) is 111 cm³/mol. The summed E-state index contributed by atoms with van der Waals surface area (Å²) in [7, 11) is 1.75. The number of benzene rings is 1. The van der Waals surface area contributed by atoms with E-state index in [0.717, 1.165) is 28.6 Å². The topological polar surface area (TPSA) is 78.2 Å². The van der Waals surface area contributed by atoms with E-state index in [1.807, 2.05) is 18.2 Å². The van der Waals surface area contributed by atoms with Crippen LogP contribution < -0.4 is 10.6 Å². The standard InChI is InChI=1S/C18H23N5O.HI/c1-12(2)17-9-15(24-23-17)11-21-18(19-3)20-10-14-8-13-6-4-5-7-16(13)22-14;/h4-9,12,22H,10-11H2,1-3H3,(H2,19,20,21);1H. The number of aliphatic imine (C=N–C) groups is 1. The minimum Gasteiger partial charge on any atom is -0.359 e. The molecule has 3 aromatic rings. The van der Waals surface area contributed by atoms with Crippen molar-refractivity contribution in [2.75, 3.05) is 7.05 Å². The number of nitrogens with one attached hydrogen (secondary N) is 3. The number of fused-ring (bicyclic) bond motifs is 1. The Morgan fingerprint density at radius 1 is 1.20 bits per heavy atom. The molecule has 0 aliphatic rings. The number of rotatable bonds is 5. The summed E-state index contributed by atoms with van der Waals surface area (Å²) in [5.41, 5.74) is 3.22. The summed E-state index contributed by atoms with van der Waals surface area (Å²) in [5, 5.41) is 11.8. The van der Waals surface area contributed by atoms with Crippen molar-refractivity contribution in [2.24, 2.45) is 4.99 Å². The van der Waals surface area contributed by atoms with E-state index in [1.165, 1.54) is 5.39 Å². The van der Waals surface area contributed by atoms with Crippen LogP contribution in [0.3, 0.4) is 0 Å². The van der Waals surface area contributed by atoms with Gasteiger partial charge in [0.15, 0.2) is 11.7 Å². The highest BCUT2D eigenvalue weighted by atomic mass is 127. The van der Waals surface area contributed by atoms with Gasteiger partial charge in [0.2, 0.25) is 0 Å². The van der Waals surface area contributed by atoms with Gasteiger partial charge in [0.1, 0.15) is 0 Å². The second-order valence-electron chi connectivity index (χ2n) is 6.03. The second-order valence-corrected chi connectivity index (χ2v) is 6.03. The fraction of sp³-hybridized carbons (Fsp3) is 0.333. The molecule has 0 unspecified atom stereocenters. The lowest BCUT2D eigenvalue weighted by Crippen LogP contribution is -2.36. The van der Waals surface area contributed by atoms with E-state index in [9.17, 15) is 0 Å². The van der Waals surface area contributed by atoms with Gasteiger partial charge in [-0.25, -0.2) is 0 Å². The maximum Gasteiger partial charge on any atom is 0.191 e. The van der Waals surface area contributed by atoms with Crippen molar-refractivity contribution in [2.45, 2.75) is 32.9 Å². The van der Waals surface area contributed by atoms with Crippen LogP contribution in [0.25, 0.3) is 10.9 Å². The van der Waals surface area contributed by atoms with Crippen LogP contribution in [0.2, 0.25) is 0 Å². The van der Waals surface area contributed by atoms with E-state index in [2.05, 4.69) is 57.8 Å². The summed E-state index contributed by atoms with van der Waals surface area (Å²) in [4.78, 5) is 7.62. The van der Waals surface area contributed by atoms with Gasteiger partial charge < -0.3 is 20.1 Å². The van der Waals surface area contributed by atoms with Gasteiger partial charge in [0.05, 0.1) is 18.8 Å². The number of hydrogen-bond acceptors (Lipinski definition) is 3. The third-order valence-corrected chi connectivity index (χ3v) is 3.85. The van der Waals surface area contributed by atoms with Crippen molar-refractivity contribution in [1.82, 2.24) is 20.8 Å². The third kappa shape index (κ3) is 4.97. The molecule has 2 aromatic heterocycles. The van der Waals surface area contributed by atoms with Crippen molar-refractivity contribution in [3.63, 3.8) is 0 Å². The molecule has 6 nitrogen and oxygen atoms in total. The Balaban J connectivity index is 0.00000225. The number of hydrogen-bond donors (Lipinski definition) is 3. The third-order valence-electron chi connectivity index (χ3n) is 3.85. The fourth-order valence-electron chi connectivity index (χ4n) is 2.48. The molecule has 3 rings (SSSR count). The number of aromatic amines is 1. The SMILES string of the molecule is CN=C(NCc1cc2ccccc2[nH]1)NCc1cc(C(C)C)no1.I. The van der Waals surface area contributed by atoms with Crippen LogP contribution in [0, 0.1) is 0 Å². The molecule has 3 N–H and O–H groups in total. The molecule has 0 radical (unpaired) electrons. The molecule has 7 heteroatoms. The van der Waals surface area contributed by atoms with Gasteiger partial charge in [-0.05, 0) is 23.4 Å². The quantitative estimate of drug-likeness (QED) is 0.312. The molecule has 0 saturated heterocycles. The zero-order valence-corrected chi connectivity index (χ0v) is 17.0. The molecule has 0 fully saturated rings. The summed E-state index contributed by atoms with van der Waals surface area (Å²) >= 11 is 0. The normalized spacial score (nSPS) is 11.6. The van der Waals surface area contributed by atoms with Crippen molar-refractivity contribution >= 4 is 40.8 Å². The highest BCUT2D eigenvalue weighted by Gasteiger charge is 2.08. The lowest BCUT2D eigenvalue weighted by Gasteiger charge is -2.09. The fourth-order valence-corrected chi connectivity index (χ4v) is 2.48. The zero-order valence-electron chi connectivity index (χ0n) is 14.7. The highest BCUT2D eigenvalue weighted by molar-refractivity contribution is 14.0. The van der Waals surface area contributed by atoms with E-state index in [-0.39, 0.29) is 24.0 Å². The van der Waals surface area contributed by atoms with Gasteiger partial charge in [-0.1, -0.05) is 37.2 Å². The average Bonchev–Trinajstić information content (AvgIpc) is 3.21. The van der Waals surface area contributed by atoms with E-state index >= 15 is 0 Å². The van der Waals surface area contributed by atoms with Crippen LogP contribution >= 0.6 is 24.0 Å². The Hall–Kier alpha value is -2.03. The number of H-pyrrole nitrogens is 1. The first-order valence-electron chi connectivity index (χ1n) is 8.12. The molecule has 1 aromatic carbocycles. The molecule has 0 amide bonds. The molecule has 0 bridgehead atoms. The Kier molecular flexibility index (Phi) is 6.86.